The Morgan fingerprint density at radius 3 is 3.06 bits per heavy atom. The van der Waals surface area contributed by atoms with Gasteiger partial charge in [0.1, 0.15) is 0 Å². The van der Waals surface area contributed by atoms with Gasteiger partial charge in [-0.2, -0.15) is 0 Å². The summed E-state index contributed by atoms with van der Waals surface area (Å²) in [6.07, 6.45) is 2.16. The smallest absolute Gasteiger partial charge is 0.255 e. The summed E-state index contributed by atoms with van der Waals surface area (Å²) in [5.74, 6) is 0.0962. The first-order valence-corrected chi connectivity index (χ1v) is 8.03. The molecule has 1 aromatic carbocycles. The van der Waals surface area contributed by atoms with E-state index in [4.69, 9.17) is 11.6 Å². The maximum Gasteiger partial charge on any atom is 0.255 e. The summed E-state index contributed by atoms with van der Waals surface area (Å²) in [4.78, 5) is 14.4. The first-order valence-electron chi connectivity index (χ1n) is 5.45. The molecular formula is C12H12BrClINO. The summed E-state index contributed by atoms with van der Waals surface area (Å²) in [5.41, 5.74) is 0.714. The third-order valence-corrected chi connectivity index (χ3v) is 4.90. The van der Waals surface area contributed by atoms with Crippen molar-refractivity contribution >= 4 is 56.0 Å². The van der Waals surface area contributed by atoms with E-state index in [1.165, 1.54) is 0 Å². The number of rotatable bonds is 2. The molecule has 1 atom stereocenters. The van der Waals surface area contributed by atoms with Crippen LogP contribution in [-0.4, -0.2) is 28.7 Å². The number of likely N-dealkylation sites (tertiary alicyclic amines) is 1. The Bertz CT molecular complexity index is 441. The molecule has 0 radical (unpaired) electrons. The minimum absolute atomic E-state index is 0.0962. The highest BCUT2D eigenvalue weighted by Crippen LogP contribution is 2.25. The number of benzene rings is 1. The molecule has 0 spiro atoms. The number of alkyl halides is 1. The second kappa shape index (κ2) is 5.89. The lowest BCUT2D eigenvalue weighted by atomic mass is 10.2. The van der Waals surface area contributed by atoms with Gasteiger partial charge in [0.2, 0.25) is 0 Å². The number of hydrogen-bond donors (Lipinski definition) is 0. The van der Waals surface area contributed by atoms with Gasteiger partial charge in [-0.15, -0.1) is 0 Å². The minimum atomic E-state index is 0.0962. The maximum absolute atomic E-state index is 12.4. The molecule has 0 N–H and O–H groups in total. The predicted octanol–water partition coefficient (Wildman–Crippen LogP) is 3.94. The van der Waals surface area contributed by atoms with Gasteiger partial charge in [-0.25, -0.2) is 0 Å². The van der Waals surface area contributed by atoms with Gasteiger partial charge in [0.15, 0.2) is 0 Å². The van der Waals surface area contributed by atoms with Crippen LogP contribution in [0.1, 0.15) is 23.2 Å². The molecule has 1 saturated heterocycles. The number of carbonyl (C=O) groups is 1. The van der Waals surface area contributed by atoms with Crippen molar-refractivity contribution < 1.29 is 4.79 Å². The van der Waals surface area contributed by atoms with Crippen LogP contribution in [0, 0.1) is 3.57 Å². The largest absolute Gasteiger partial charge is 0.335 e. The second-order valence-electron chi connectivity index (χ2n) is 4.07. The molecule has 1 aromatic rings. The molecule has 0 aliphatic carbocycles. The summed E-state index contributed by atoms with van der Waals surface area (Å²) < 4.78 is 0.956. The van der Waals surface area contributed by atoms with Crippen molar-refractivity contribution in [3.63, 3.8) is 0 Å². The van der Waals surface area contributed by atoms with Crippen LogP contribution in [0.15, 0.2) is 18.2 Å². The van der Waals surface area contributed by atoms with E-state index >= 15 is 0 Å². The first-order chi connectivity index (χ1) is 8.13. The lowest BCUT2D eigenvalue weighted by molar-refractivity contribution is 0.0749. The molecular weight excluding hydrogens is 416 g/mol. The van der Waals surface area contributed by atoms with E-state index in [2.05, 4.69) is 38.5 Å². The fourth-order valence-electron chi connectivity index (χ4n) is 2.08. The molecule has 17 heavy (non-hydrogen) atoms. The molecule has 1 unspecified atom stereocenters. The van der Waals surface area contributed by atoms with Gasteiger partial charge >= 0.3 is 0 Å². The molecule has 0 saturated carbocycles. The average Bonchev–Trinajstić information content (AvgIpc) is 2.79. The Morgan fingerprint density at radius 2 is 2.35 bits per heavy atom. The van der Waals surface area contributed by atoms with Crippen molar-refractivity contribution in [2.24, 2.45) is 0 Å². The third kappa shape index (κ3) is 2.96. The molecule has 1 aliphatic heterocycles. The van der Waals surface area contributed by atoms with Crippen molar-refractivity contribution in [1.82, 2.24) is 4.90 Å². The zero-order valence-electron chi connectivity index (χ0n) is 9.13. The average molecular weight is 428 g/mol. The van der Waals surface area contributed by atoms with Crippen molar-refractivity contribution in [2.75, 3.05) is 11.9 Å². The SMILES string of the molecule is O=C(c1cc(Cl)ccc1I)N1CCCC1CBr. The highest BCUT2D eigenvalue weighted by molar-refractivity contribution is 14.1. The van der Waals surface area contributed by atoms with Crippen LogP contribution in [0.4, 0.5) is 0 Å². The molecule has 1 fully saturated rings. The number of amides is 1. The van der Waals surface area contributed by atoms with Crippen LogP contribution in [0.2, 0.25) is 5.02 Å². The summed E-state index contributed by atoms with van der Waals surface area (Å²) in [6, 6.07) is 5.77. The normalized spacial score (nSPS) is 19.7. The van der Waals surface area contributed by atoms with Crippen molar-refractivity contribution in [2.45, 2.75) is 18.9 Å². The number of nitrogens with zero attached hydrogens (tertiary/aromatic N) is 1. The molecule has 1 heterocycles. The molecule has 2 rings (SSSR count). The van der Waals surface area contributed by atoms with E-state index in [0.29, 0.717) is 16.6 Å². The number of halogens is 3. The monoisotopic (exact) mass is 427 g/mol. The maximum atomic E-state index is 12.4. The quantitative estimate of drug-likeness (QED) is 0.516. The Morgan fingerprint density at radius 1 is 1.59 bits per heavy atom. The van der Waals surface area contributed by atoms with E-state index in [-0.39, 0.29) is 5.91 Å². The third-order valence-electron chi connectivity index (χ3n) is 2.97. The van der Waals surface area contributed by atoms with E-state index in [0.717, 1.165) is 28.3 Å². The van der Waals surface area contributed by atoms with Crippen LogP contribution in [0.25, 0.3) is 0 Å². The van der Waals surface area contributed by atoms with E-state index < -0.39 is 0 Å². The molecule has 2 nitrogen and oxygen atoms in total. The summed E-state index contributed by atoms with van der Waals surface area (Å²) in [7, 11) is 0. The molecule has 0 bridgehead atoms. The standard InChI is InChI=1S/C12H12BrClINO/c13-7-9-2-1-5-16(9)12(17)10-6-8(14)3-4-11(10)15/h3-4,6,9H,1-2,5,7H2. The van der Waals surface area contributed by atoms with E-state index in [1.807, 2.05) is 17.0 Å². The fraction of sp³-hybridized carbons (Fsp3) is 0.417. The summed E-state index contributed by atoms with van der Waals surface area (Å²) in [6.45, 7) is 0.845. The van der Waals surface area contributed by atoms with Gasteiger partial charge in [0.25, 0.3) is 5.91 Å². The zero-order chi connectivity index (χ0) is 12.4. The molecule has 1 amide bonds. The molecule has 0 aromatic heterocycles. The van der Waals surface area contributed by atoms with Crippen molar-refractivity contribution in [1.29, 1.82) is 0 Å². The minimum Gasteiger partial charge on any atom is -0.335 e. The lowest BCUT2D eigenvalue weighted by Crippen LogP contribution is -2.36. The van der Waals surface area contributed by atoms with Gasteiger partial charge in [0, 0.05) is 26.5 Å². The Kier molecular flexibility index (Phi) is 4.72. The summed E-state index contributed by atoms with van der Waals surface area (Å²) >= 11 is 11.6. The number of carbonyl (C=O) groups excluding carboxylic acids is 1. The Balaban J connectivity index is 2.27. The van der Waals surface area contributed by atoms with E-state index in [9.17, 15) is 4.79 Å². The molecule has 5 heteroatoms. The zero-order valence-corrected chi connectivity index (χ0v) is 13.6. The molecule has 92 valence electrons. The van der Waals surface area contributed by atoms with Gasteiger partial charge in [-0.1, -0.05) is 27.5 Å². The van der Waals surface area contributed by atoms with Crippen LogP contribution < -0.4 is 0 Å². The topological polar surface area (TPSA) is 20.3 Å². The lowest BCUT2D eigenvalue weighted by Gasteiger charge is -2.23. The van der Waals surface area contributed by atoms with Crippen molar-refractivity contribution in [3.05, 3.63) is 32.4 Å². The van der Waals surface area contributed by atoms with Gasteiger partial charge in [-0.05, 0) is 53.6 Å². The summed E-state index contributed by atoms with van der Waals surface area (Å²) in [5, 5.41) is 1.46. The van der Waals surface area contributed by atoms with Gasteiger partial charge in [0.05, 0.1) is 5.56 Å². The highest BCUT2D eigenvalue weighted by atomic mass is 127. The Labute approximate surface area is 128 Å². The van der Waals surface area contributed by atoms with Crippen molar-refractivity contribution in [3.8, 4) is 0 Å². The highest BCUT2D eigenvalue weighted by Gasteiger charge is 2.29. The van der Waals surface area contributed by atoms with Gasteiger partial charge in [-0.3, -0.25) is 4.79 Å². The van der Waals surface area contributed by atoms with Crippen LogP contribution in [0.3, 0.4) is 0 Å². The Hall–Kier alpha value is 0.190. The molecule has 1 aliphatic rings. The van der Waals surface area contributed by atoms with Gasteiger partial charge < -0.3 is 4.90 Å². The van der Waals surface area contributed by atoms with Crippen LogP contribution in [-0.2, 0) is 0 Å². The van der Waals surface area contributed by atoms with Crippen LogP contribution >= 0.6 is 50.1 Å². The van der Waals surface area contributed by atoms with E-state index in [1.54, 1.807) is 6.07 Å². The second-order valence-corrected chi connectivity index (χ2v) is 6.32. The fourth-order valence-corrected chi connectivity index (χ4v) is 3.49. The number of hydrogen-bond acceptors (Lipinski definition) is 1. The predicted molar refractivity (Wildman–Crippen MR) is 82.0 cm³/mol. The van der Waals surface area contributed by atoms with Crippen LogP contribution in [0.5, 0.6) is 0 Å². The first kappa shape index (κ1) is 13.6.